The van der Waals surface area contributed by atoms with Gasteiger partial charge < -0.3 is 5.32 Å². The largest absolute Gasteiger partial charge is 0.348 e. The summed E-state index contributed by atoms with van der Waals surface area (Å²) in [6.45, 7) is 0. The Morgan fingerprint density at radius 1 is 1.29 bits per heavy atom. The van der Waals surface area contributed by atoms with Gasteiger partial charge in [0, 0.05) is 10.9 Å². The van der Waals surface area contributed by atoms with E-state index < -0.39 is 5.82 Å². The van der Waals surface area contributed by atoms with E-state index in [1.807, 2.05) is 0 Å². The number of carbonyl (C=O) groups excluding carboxylic acids is 1. The first kappa shape index (κ1) is 12.6. The normalized spacial score (nSPS) is 24.4. The van der Waals surface area contributed by atoms with Crippen LogP contribution in [0.3, 0.4) is 0 Å². The molecule has 1 fully saturated rings. The van der Waals surface area contributed by atoms with Gasteiger partial charge in [0.2, 0.25) is 0 Å². The van der Waals surface area contributed by atoms with Crippen LogP contribution in [0.15, 0.2) is 24.3 Å². The summed E-state index contributed by atoms with van der Waals surface area (Å²) in [5, 5.41) is 2.90. The lowest BCUT2D eigenvalue weighted by Gasteiger charge is -2.28. The Labute approximate surface area is 109 Å². The first-order valence-electron chi connectivity index (χ1n) is 5.88. The molecule has 0 aromatic heterocycles. The Hall–Kier alpha value is -0.900. The molecule has 1 N–H and O–H groups in total. The Balaban J connectivity index is 2.04. The molecule has 1 amide bonds. The molecule has 92 valence electrons. The standard InChI is InChI=1S/C13H15BrFNO/c14-10-6-2-4-8-12(10)16-13(17)9-5-1-3-7-11(9)15/h1,3,5,7,10,12H,2,4,6,8H2,(H,16,17). The van der Waals surface area contributed by atoms with E-state index in [4.69, 9.17) is 0 Å². The van der Waals surface area contributed by atoms with Crippen LogP contribution in [0.25, 0.3) is 0 Å². The number of halogens is 2. The van der Waals surface area contributed by atoms with E-state index >= 15 is 0 Å². The van der Waals surface area contributed by atoms with Crippen LogP contribution >= 0.6 is 15.9 Å². The quantitative estimate of drug-likeness (QED) is 0.835. The van der Waals surface area contributed by atoms with Crippen molar-refractivity contribution in [1.82, 2.24) is 5.32 Å². The van der Waals surface area contributed by atoms with E-state index in [0.29, 0.717) is 4.83 Å². The van der Waals surface area contributed by atoms with Crippen molar-refractivity contribution in [3.63, 3.8) is 0 Å². The van der Waals surface area contributed by atoms with Crippen LogP contribution in [0.4, 0.5) is 4.39 Å². The molecule has 1 saturated carbocycles. The summed E-state index contributed by atoms with van der Waals surface area (Å²) in [6, 6.07) is 6.18. The molecule has 4 heteroatoms. The number of hydrogen-bond donors (Lipinski definition) is 1. The van der Waals surface area contributed by atoms with Gasteiger partial charge in [-0.05, 0) is 25.0 Å². The summed E-state index contributed by atoms with van der Waals surface area (Å²) < 4.78 is 13.4. The minimum Gasteiger partial charge on any atom is -0.348 e. The minimum absolute atomic E-state index is 0.107. The summed E-state index contributed by atoms with van der Waals surface area (Å²) in [5.41, 5.74) is 0.123. The summed E-state index contributed by atoms with van der Waals surface area (Å²) >= 11 is 3.57. The maximum atomic E-state index is 13.4. The molecule has 0 aliphatic heterocycles. The molecule has 2 nitrogen and oxygen atoms in total. The number of hydrogen-bond acceptors (Lipinski definition) is 1. The van der Waals surface area contributed by atoms with Gasteiger partial charge in [0.1, 0.15) is 5.82 Å². The van der Waals surface area contributed by atoms with Gasteiger partial charge >= 0.3 is 0 Å². The highest BCUT2D eigenvalue weighted by atomic mass is 79.9. The van der Waals surface area contributed by atoms with Gasteiger partial charge in [-0.15, -0.1) is 0 Å². The third kappa shape index (κ3) is 3.06. The highest BCUT2D eigenvalue weighted by Gasteiger charge is 2.25. The van der Waals surface area contributed by atoms with Gasteiger partial charge in [0.05, 0.1) is 5.56 Å². The minimum atomic E-state index is -0.466. The summed E-state index contributed by atoms with van der Waals surface area (Å²) in [7, 11) is 0. The van der Waals surface area contributed by atoms with E-state index in [9.17, 15) is 9.18 Å². The molecule has 1 aliphatic carbocycles. The molecule has 0 spiro atoms. The van der Waals surface area contributed by atoms with Crippen LogP contribution in [0.2, 0.25) is 0 Å². The van der Waals surface area contributed by atoms with Crippen LogP contribution < -0.4 is 5.32 Å². The molecule has 0 heterocycles. The lowest BCUT2D eigenvalue weighted by molar-refractivity contribution is 0.0925. The highest BCUT2D eigenvalue weighted by Crippen LogP contribution is 2.24. The van der Waals surface area contributed by atoms with Crippen LogP contribution in [-0.4, -0.2) is 16.8 Å². The van der Waals surface area contributed by atoms with Gasteiger partial charge in [-0.3, -0.25) is 4.79 Å². The zero-order chi connectivity index (χ0) is 12.3. The van der Waals surface area contributed by atoms with Crippen molar-refractivity contribution < 1.29 is 9.18 Å². The maximum absolute atomic E-state index is 13.4. The number of alkyl halides is 1. The Morgan fingerprint density at radius 2 is 2.00 bits per heavy atom. The van der Waals surface area contributed by atoms with Crippen molar-refractivity contribution in [3.8, 4) is 0 Å². The molecule has 0 radical (unpaired) electrons. The second kappa shape index (κ2) is 5.63. The lowest BCUT2D eigenvalue weighted by Crippen LogP contribution is -2.42. The van der Waals surface area contributed by atoms with Crippen molar-refractivity contribution in [2.45, 2.75) is 36.6 Å². The SMILES string of the molecule is O=C(NC1CCCCC1Br)c1ccccc1F. The molecule has 2 rings (SSSR count). The molecule has 2 atom stereocenters. The molecule has 0 bridgehead atoms. The van der Waals surface area contributed by atoms with Crippen LogP contribution in [0, 0.1) is 5.82 Å². The third-order valence-corrected chi connectivity index (χ3v) is 4.21. The third-order valence-electron chi connectivity index (χ3n) is 3.12. The van der Waals surface area contributed by atoms with Crippen LogP contribution in [-0.2, 0) is 0 Å². The molecular formula is C13H15BrFNO. The molecular weight excluding hydrogens is 285 g/mol. The number of benzene rings is 1. The molecule has 1 aliphatic rings. The first-order valence-corrected chi connectivity index (χ1v) is 6.79. The smallest absolute Gasteiger partial charge is 0.254 e. The fourth-order valence-electron chi connectivity index (χ4n) is 2.14. The van der Waals surface area contributed by atoms with Gasteiger partial charge in [-0.25, -0.2) is 4.39 Å². The number of rotatable bonds is 2. The molecule has 2 unspecified atom stereocenters. The zero-order valence-corrected chi connectivity index (χ0v) is 11.0. The average molecular weight is 300 g/mol. The van der Waals surface area contributed by atoms with Gasteiger partial charge in [-0.2, -0.15) is 0 Å². The van der Waals surface area contributed by atoms with Crippen molar-refractivity contribution in [3.05, 3.63) is 35.6 Å². The van der Waals surface area contributed by atoms with E-state index in [2.05, 4.69) is 21.2 Å². The second-order valence-corrected chi connectivity index (χ2v) is 5.54. The van der Waals surface area contributed by atoms with Gasteiger partial charge in [0.15, 0.2) is 0 Å². The summed E-state index contributed by atoms with van der Waals surface area (Å²) in [6.07, 6.45) is 4.31. The number of amides is 1. The average Bonchev–Trinajstić information content (AvgIpc) is 2.32. The van der Waals surface area contributed by atoms with Gasteiger partial charge in [-0.1, -0.05) is 40.9 Å². The van der Waals surface area contributed by atoms with Crippen LogP contribution in [0.1, 0.15) is 36.0 Å². The lowest BCUT2D eigenvalue weighted by atomic mass is 9.95. The monoisotopic (exact) mass is 299 g/mol. The topological polar surface area (TPSA) is 29.1 Å². The number of nitrogens with one attached hydrogen (secondary N) is 1. The second-order valence-electron chi connectivity index (χ2n) is 4.36. The van der Waals surface area contributed by atoms with Crippen molar-refractivity contribution in [2.24, 2.45) is 0 Å². The van der Waals surface area contributed by atoms with Crippen molar-refractivity contribution >= 4 is 21.8 Å². The number of carbonyl (C=O) groups is 1. The van der Waals surface area contributed by atoms with E-state index in [0.717, 1.165) is 19.3 Å². The summed E-state index contributed by atoms with van der Waals surface area (Å²) in [4.78, 5) is 12.2. The highest BCUT2D eigenvalue weighted by molar-refractivity contribution is 9.09. The van der Waals surface area contributed by atoms with E-state index in [1.165, 1.54) is 18.6 Å². The zero-order valence-electron chi connectivity index (χ0n) is 9.46. The maximum Gasteiger partial charge on any atom is 0.254 e. The predicted octanol–water partition coefficient (Wildman–Crippen LogP) is 3.26. The Morgan fingerprint density at radius 3 is 2.71 bits per heavy atom. The predicted molar refractivity (Wildman–Crippen MR) is 68.8 cm³/mol. The van der Waals surface area contributed by atoms with Gasteiger partial charge in [0.25, 0.3) is 5.91 Å². The Bertz CT molecular complexity index is 410. The fourth-order valence-corrected chi connectivity index (χ4v) is 2.86. The Kier molecular flexibility index (Phi) is 4.15. The fraction of sp³-hybridized carbons (Fsp3) is 0.462. The first-order chi connectivity index (χ1) is 8.18. The molecule has 0 saturated heterocycles. The molecule has 17 heavy (non-hydrogen) atoms. The van der Waals surface area contributed by atoms with E-state index in [1.54, 1.807) is 12.1 Å². The summed E-state index contributed by atoms with van der Waals surface area (Å²) in [5.74, 6) is -0.786. The van der Waals surface area contributed by atoms with Crippen molar-refractivity contribution in [2.75, 3.05) is 0 Å². The van der Waals surface area contributed by atoms with Crippen LogP contribution in [0.5, 0.6) is 0 Å². The van der Waals surface area contributed by atoms with E-state index in [-0.39, 0.29) is 17.5 Å². The molecule has 1 aromatic carbocycles. The molecule has 1 aromatic rings. The van der Waals surface area contributed by atoms with Crippen molar-refractivity contribution in [1.29, 1.82) is 0 Å².